The highest BCUT2D eigenvalue weighted by Gasteiger charge is 2.39. The smallest absolute Gasteiger partial charge is 0.350 e. The summed E-state index contributed by atoms with van der Waals surface area (Å²) in [6.45, 7) is 4.22. The molecular formula is C13H19F3N4O. The number of nitrogens with zero attached hydrogens (tertiary/aromatic N) is 3. The highest BCUT2D eigenvalue weighted by Crippen LogP contribution is 2.30. The molecule has 1 amide bonds. The van der Waals surface area contributed by atoms with Crippen molar-refractivity contribution in [2.75, 3.05) is 19.6 Å². The number of halogens is 3. The molecule has 0 unspecified atom stereocenters. The van der Waals surface area contributed by atoms with Gasteiger partial charge in [-0.05, 0) is 32.9 Å². The zero-order valence-electron chi connectivity index (χ0n) is 12.1. The van der Waals surface area contributed by atoms with Crippen LogP contribution in [0.5, 0.6) is 0 Å². The first-order valence-electron chi connectivity index (χ1n) is 6.92. The number of amides is 1. The molecule has 0 radical (unpaired) electrons. The van der Waals surface area contributed by atoms with E-state index in [1.54, 1.807) is 0 Å². The zero-order chi connectivity index (χ0) is 15.6. The van der Waals surface area contributed by atoms with Crippen molar-refractivity contribution < 1.29 is 18.0 Å². The molecule has 2 rings (SSSR count). The minimum absolute atomic E-state index is 0.113. The van der Waals surface area contributed by atoms with Gasteiger partial charge in [-0.3, -0.25) is 14.4 Å². The molecule has 5 nitrogen and oxygen atoms in total. The van der Waals surface area contributed by atoms with Gasteiger partial charge in [-0.2, -0.15) is 18.3 Å². The first-order chi connectivity index (χ1) is 9.79. The number of nitrogens with one attached hydrogen (secondary N) is 1. The molecule has 21 heavy (non-hydrogen) atoms. The van der Waals surface area contributed by atoms with E-state index in [9.17, 15) is 18.0 Å². The molecule has 0 spiro atoms. The second-order valence-corrected chi connectivity index (χ2v) is 5.36. The molecule has 1 aromatic rings. The van der Waals surface area contributed by atoms with Crippen molar-refractivity contribution in [3.05, 3.63) is 17.5 Å². The monoisotopic (exact) mass is 304 g/mol. The van der Waals surface area contributed by atoms with Crippen molar-refractivity contribution in [3.63, 3.8) is 0 Å². The predicted octanol–water partition coefficient (Wildman–Crippen LogP) is 1.65. The van der Waals surface area contributed by atoms with Crippen LogP contribution in [0.4, 0.5) is 13.2 Å². The van der Waals surface area contributed by atoms with Crippen LogP contribution in [0.1, 0.15) is 35.8 Å². The third-order valence-corrected chi connectivity index (χ3v) is 3.66. The summed E-state index contributed by atoms with van der Waals surface area (Å²) in [6, 6.07) is 0.113. The van der Waals surface area contributed by atoms with E-state index in [-0.39, 0.29) is 6.04 Å². The SMILES string of the molecule is C[C@@H](CNC(=O)c1cn(C)nc1C(F)(F)F)N1CCCC1. The molecule has 1 atom stereocenters. The Bertz CT molecular complexity index is 506. The topological polar surface area (TPSA) is 50.2 Å². The summed E-state index contributed by atoms with van der Waals surface area (Å²) in [7, 11) is 1.36. The maximum atomic E-state index is 12.8. The molecule has 0 saturated carbocycles. The average Bonchev–Trinajstić information content (AvgIpc) is 3.03. The van der Waals surface area contributed by atoms with Crippen LogP contribution in [0.15, 0.2) is 6.20 Å². The van der Waals surface area contributed by atoms with Crippen LogP contribution in [0.2, 0.25) is 0 Å². The highest BCUT2D eigenvalue weighted by molar-refractivity contribution is 5.95. The summed E-state index contributed by atoms with van der Waals surface area (Å²) in [5.41, 5.74) is -1.57. The van der Waals surface area contributed by atoms with Crippen LogP contribution < -0.4 is 5.32 Å². The van der Waals surface area contributed by atoms with E-state index in [2.05, 4.69) is 15.3 Å². The molecule has 118 valence electrons. The number of alkyl halides is 3. The van der Waals surface area contributed by atoms with Crippen LogP contribution in [-0.2, 0) is 13.2 Å². The van der Waals surface area contributed by atoms with E-state index in [1.165, 1.54) is 7.05 Å². The van der Waals surface area contributed by atoms with E-state index in [1.807, 2.05) is 6.92 Å². The summed E-state index contributed by atoms with van der Waals surface area (Å²) in [6.07, 6.45) is -1.29. The van der Waals surface area contributed by atoms with Crippen molar-refractivity contribution in [2.45, 2.75) is 32.0 Å². The Morgan fingerprint density at radius 1 is 1.43 bits per heavy atom. The van der Waals surface area contributed by atoms with Crippen LogP contribution in [0.25, 0.3) is 0 Å². The van der Waals surface area contributed by atoms with Gasteiger partial charge in [-0.1, -0.05) is 0 Å². The normalized spacial score (nSPS) is 18.0. The first kappa shape index (κ1) is 15.8. The molecule has 1 aromatic heterocycles. The minimum Gasteiger partial charge on any atom is -0.350 e. The lowest BCUT2D eigenvalue weighted by Crippen LogP contribution is -2.41. The van der Waals surface area contributed by atoms with Crippen LogP contribution >= 0.6 is 0 Å². The Hall–Kier alpha value is -1.57. The third kappa shape index (κ3) is 3.75. The molecule has 0 aromatic carbocycles. The number of carbonyl (C=O) groups excluding carboxylic acids is 1. The molecule has 1 N–H and O–H groups in total. The van der Waals surface area contributed by atoms with Gasteiger partial charge in [0.05, 0.1) is 5.56 Å². The van der Waals surface area contributed by atoms with E-state index in [0.717, 1.165) is 36.8 Å². The number of aromatic nitrogens is 2. The quantitative estimate of drug-likeness (QED) is 0.920. The average molecular weight is 304 g/mol. The van der Waals surface area contributed by atoms with Gasteiger partial charge >= 0.3 is 6.18 Å². The third-order valence-electron chi connectivity index (χ3n) is 3.66. The zero-order valence-corrected chi connectivity index (χ0v) is 12.1. The Balaban J connectivity index is 2.00. The molecule has 1 aliphatic heterocycles. The van der Waals surface area contributed by atoms with Gasteiger partial charge in [0.15, 0.2) is 5.69 Å². The maximum Gasteiger partial charge on any atom is 0.435 e. The number of aryl methyl sites for hydroxylation is 1. The van der Waals surface area contributed by atoms with E-state index < -0.39 is 23.3 Å². The fourth-order valence-electron chi connectivity index (χ4n) is 2.51. The standard InChI is InChI=1S/C13H19F3N4O/c1-9(20-5-3-4-6-20)7-17-12(21)10-8-19(2)18-11(10)13(14,15)16/h8-9H,3-7H2,1-2H3,(H,17,21)/t9-/m0/s1. The Morgan fingerprint density at radius 2 is 2.05 bits per heavy atom. The molecule has 1 fully saturated rings. The van der Waals surface area contributed by atoms with E-state index in [0.29, 0.717) is 6.54 Å². The van der Waals surface area contributed by atoms with Gasteiger partial charge in [-0.25, -0.2) is 0 Å². The lowest BCUT2D eigenvalue weighted by atomic mass is 10.2. The van der Waals surface area contributed by atoms with E-state index in [4.69, 9.17) is 0 Å². The van der Waals surface area contributed by atoms with Crippen molar-refractivity contribution in [3.8, 4) is 0 Å². The van der Waals surface area contributed by atoms with Gasteiger partial charge in [-0.15, -0.1) is 0 Å². The van der Waals surface area contributed by atoms with Gasteiger partial charge in [0, 0.05) is 25.8 Å². The Morgan fingerprint density at radius 3 is 2.62 bits per heavy atom. The molecule has 1 aliphatic rings. The summed E-state index contributed by atoms with van der Waals surface area (Å²) >= 11 is 0. The largest absolute Gasteiger partial charge is 0.435 e. The fourth-order valence-corrected chi connectivity index (χ4v) is 2.51. The summed E-state index contributed by atoms with van der Waals surface area (Å²) < 4.78 is 39.4. The summed E-state index contributed by atoms with van der Waals surface area (Å²) in [5.74, 6) is -0.735. The molecule has 2 heterocycles. The van der Waals surface area contributed by atoms with Crippen molar-refractivity contribution in [1.82, 2.24) is 20.0 Å². The van der Waals surface area contributed by atoms with Crippen LogP contribution in [-0.4, -0.2) is 46.3 Å². The highest BCUT2D eigenvalue weighted by atomic mass is 19.4. The lowest BCUT2D eigenvalue weighted by molar-refractivity contribution is -0.141. The van der Waals surface area contributed by atoms with Gasteiger partial charge < -0.3 is 5.32 Å². The molecular weight excluding hydrogens is 285 g/mol. The van der Waals surface area contributed by atoms with E-state index >= 15 is 0 Å². The summed E-state index contributed by atoms with van der Waals surface area (Å²) in [5, 5.41) is 5.90. The minimum atomic E-state index is -4.63. The molecule has 0 bridgehead atoms. The van der Waals surface area contributed by atoms with Crippen molar-refractivity contribution in [1.29, 1.82) is 0 Å². The second-order valence-electron chi connectivity index (χ2n) is 5.36. The second kappa shape index (κ2) is 6.05. The fraction of sp³-hybridized carbons (Fsp3) is 0.692. The molecule has 8 heteroatoms. The van der Waals surface area contributed by atoms with Crippen molar-refractivity contribution in [2.24, 2.45) is 7.05 Å². The number of hydrogen-bond acceptors (Lipinski definition) is 3. The van der Waals surface area contributed by atoms with Gasteiger partial charge in [0.2, 0.25) is 0 Å². The number of likely N-dealkylation sites (tertiary alicyclic amines) is 1. The Kier molecular flexibility index (Phi) is 4.55. The number of rotatable bonds is 4. The Labute approximate surface area is 121 Å². The number of carbonyl (C=O) groups is 1. The van der Waals surface area contributed by atoms with Gasteiger partial charge in [0.25, 0.3) is 5.91 Å². The van der Waals surface area contributed by atoms with Crippen LogP contribution in [0.3, 0.4) is 0 Å². The summed E-state index contributed by atoms with van der Waals surface area (Å²) in [4.78, 5) is 14.2. The predicted molar refractivity (Wildman–Crippen MR) is 70.8 cm³/mol. The number of hydrogen-bond donors (Lipinski definition) is 1. The maximum absolute atomic E-state index is 12.8. The van der Waals surface area contributed by atoms with Crippen LogP contribution in [0, 0.1) is 0 Å². The lowest BCUT2D eigenvalue weighted by Gasteiger charge is -2.23. The molecule has 1 saturated heterocycles. The van der Waals surface area contributed by atoms with Gasteiger partial charge in [0.1, 0.15) is 0 Å². The first-order valence-corrected chi connectivity index (χ1v) is 6.92. The van der Waals surface area contributed by atoms with Crippen molar-refractivity contribution >= 4 is 5.91 Å². The molecule has 0 aliphatic carbocycles.